The van der Waals surface area contributed by atoms with E-state index in [1.165, 1.54) is 11.3 Å². The molecule has 0 aliphatic heterocycles. The van der Waals surface area contributed by atoms with Gasteiger partial charge in [-0.15, -0.1) is 11.3 Å². The van der Waals surface area contributed by atoms with E-state index in [-0.39, 0.29) is 5.91 Å². The Morgan fingerprint density at radius 1 is 0.955 bits per heavy atom. The zero-order chi connectivity index (χ0) is 15.4. The quantitative estimate of drug-likeness (QED) is 0.604. The number of carbonyl (C=O) groups is 1. The molecule has 0 saturated heterocycles. The summed E-state index contributed by atoms with van der Waals surface area (Å²) in [5, 5.41) is 1.93. The van der Waals surface area contributed by atoms with E-state index >= 15 is 0 Å². The lowest BCUT2D eigenvalue weighted by Crippen LogP contribution is -2.29. The van der Waals surface area contributed by atoms with Crippen LogP contribution < -0.4 is 4.90 Å². The third-order valence-corrected chi connectivity index (χ3v) is 4.69. The largest absolute Gasteiger partial charge is 0.303 e. The Labute approximate surface area is 142 Å². The van der Waals surface area contributed by atoms with Crippen LogP contribution in [0.3, 0.4) is 0 Å². The number of thiophene rings is 1. The molecule has 22 heavy (non-hydrogen) atoms. The predicted octanol–water partition coefficient (Wildman–Crippen LogP) is 5.36. The zero-order valence-electron chi connectivity index (χ0n) is 11.8. The van der Waals surface area contributed by atoms with Gasteiger partial charge in [0.2, 0.25) is 0 Å². The van der Waals surface area contributed by atoms with Gasteiger partial charge < -0.3 is 4.90 Å². The van der Waals surface area contributed by atoms with Crippen molar-refractivity contribution >= 4 is 38.9 Å². The number of nitrogens with zero attached hydrogens (tertiary/aromatic N) is 1. The first kappa shape index (κ1) is 15.0. The van der Waals surface area contributed by atoms with Gasteiger partial charge in [-0.1, -0.05) is 52.3 Å². The first-order chi connectivity index (χ1) is 10.7. The third-order valence-electron chi connectivity index (χ3n) is 3.30. The number of hydrogen-bond donors (Lipinski definition) is 0. The fraction of sp³-hybridized carbons (Fsp3) is 0.0556. The molecule has 3 aromatic rings. The second kappa shape index (κ2) is 6.90. The van der Waals surface area contributed by atoms with Crippen molar-refractivity contribution in [3.05, 3.63) is 87.0 Å². The number of amides is 1. The topological polar surface area (TPSA) is 20.3 Å². The Morgan fingerprint density at radius 3 is 2.32 bits per heavy atom. The molecule has 0 atom stereocenters. The molecule has 0 aliphatic carbocycles. The fourth-order valence-corrected chi connectivity index (χ4v) is 3.13. The van der Waals surface area contributed by atoms with Gasteiger partial charge in [0.25, 0.3) is 5.91 Å². The predicted molar refractivity (Wildman–Crippen MR) is 95.4 cm³/mol. The van der Waals surface area contributed by atoms with Gasteiger partial charge >= 0.3 is 0 Å². The van der Waals surface area contributed by atoms with E-state index in [1.54, 1.807) is 0 Å². The van der Waals surface area contributed by atoms with Crippen molar-refractivity contribution in [2.24, 2.45) is 0 Å². The molecule has 2 aromatic carbocycles. The molecule has 0 radical (unpaired) electrons. The second-order valence-electron chi connectivity index (χ2n) is 4.83. The van der Waals surface area contributed by atoms with Crippen LogP contribution in [0.25, 0.3) is 0 Å². The Balaban J connectivity index is 1.92. The summed E-state index contributed by atoms with van der Waals surface area (Å²) in [6, 6.07) is 21.6. The van der Waals surface area contributed by atoms with Gasteiger partial charge in [-0.3, -0.25) is 4.79 Å². The maximum atomic E-state index is 12.8. The first-order valence-electron chi connectivity index (χ1n) is 6.89. The van der Waals surface area contributed by atoms with Crippen molar-refractivity contribution in [2.75, 3.05) is 4.90 Å². The SMILES string of the molecule is O=C(c1cccs1)N(Cc1ccc(Br)cc1)c1ccccc1. The smallest absolute Gasteiger partial charge is 0.268 e. The molecule has 0 spiro atoms. The summed E-state index contributed by atoms with van der Waals surface area (Å²) in [5.74, 6) is 0.0316. The van der Waals surface area contributed by atoms with Crippen LogP contribution in [0.1, 0.15) is 15.2 Å². The minimum atomic E-state index is 0.0316. The minimum Gasteiger partial charge on any atom is -0.303 e. The van der Waals surface area contributed by atoms with Crippen LogP contribution in [0.15, 0.2) is 76.6 Å². The van der Waals surface area contributed by atoms with Crippen LogP contribution in [-0.4, -0.2) is 5.91 Å². The summed E-state index contributed by atoms with van der Waals surface area (Å²) < 4.78 is 1.03. The highest BCUT2D eigenvalue weighted by atomic mass is 79.9. The number of para-hydroxylation sites is 1. The molecular formula is C18H14BrNOS. The number of anilines is 1. The molecule has 110 valence electrons. The van der Waals surface area contributed by atoms with Gasteiger partial charge in [-0.2, -0.15) is 0 Å². The van der Waals surface area contributed by atoms with E-state index in [9.17, 15) is 4.79 Å². The summed E-state index contributed by atoms with van der Waals surface area (Å²) >= 11 is 4.91. The van der Waals surface area contributed by atoms with Gasteiger partial charge in [0.15, 0.2) is 0 Å². The van der Waals surface area contributed by atoms with Gasteiger partial charge in [0, 0.05) is 10.2 Å². The molecule has 3 rings (SSSR count). The van der Waals surface area contributed by atoms with Gasteiger partial charge in [0.1, 0.15) is 0 Å². The normalized spacial score (nSPS) is 10.4. The zero-order valence-corrected chi connectivity index (χ0v) is 14.2. The molecular weight excluding hydrogens is 358 g/mol. The molecule has 1 amide bonds. The molecule has 0 unspecified atom stereocenters. The Hall–Kier alpha value is -1.91. The molecule has 0 saturated carbocycles. The Morgan fingerprint density at radius 2 is 1.68 bits per heavy atom. The standard InChI is InChI=1S/C18H14BrNOS/c19-15-10-8-14(9-11-15)13-20(16-5-2-1-3-6-16)18(21)17-7-4-12-22-17/h1-12H,13H2. The summed E-state index contributed by atoms with van der Waals surface area (Å²) in [4.78, 5) is 15.4. The number of hydrogen-bond acceptors (Lipinski definition) is 2. The first-order valence-corrected chi connectivity index (χ1v) is 8.56. The van der Waals surface area contributed by atoms with E-state index in [0.717, 1.165) is 20.6 Å². The van der Waals surface area contributed by atoms with Gasteiger partial charge in [0.05, 0.1) is 11.4 Å². The van der Waals surface area contributed by atoms with E-state index < -0.39 is 0 Å². The van der Waals surface area contributed by atoms with Crippen molar-refractivity contribution in [2.45, 2.75) is 6.54 Å². The average molecular weight is 372 g/mol. The van der Waals surface area contributed by atoms with Crippen LogP contribution in [0.5, 0.6) is 0 Å². The monoisotopic (exact) mass is 371 g/mol. The van der Waals surface area contributed by atoms with E-state index in [2.05, 4.69) is 15.9 Å². The van der Waals surface area contributed by atoms with Crippen molar-refractivity contribution in [1.82, 2.24) is 0 Å². The average Bonchev–Trinajstić information content (AvgIpc) is 3.09. The highest BCUT2D eigenvalue weighted by Crippen LogP contribution is 2.22. The number of rotatable bonds is 4. The van der Waals surface area contributed by atoms with Gasteiger partial charge in [-0.05, 0) is 41.3 Å². The number of carbonyl (C=O) groups excluding carboxylic acids is 1. The second-order valence-corrected chi connectivity index (χ2v) is 6.69. The van der Waals surface area contributed by atoms with Crippen molar-refractivity contribution in [1.29, 1.82) is 0 Å². The van der Waals surface area contributed by atoms with Crippen LogP contribution in [-0.2, 0) is 6.54 Å². The Bertz CT molecular complexity index is 739. The van der Waals surface area contributed by atoms with Crippen LogP contribution in [0.4, 0.5) is 5.69 Å². The fourth-order valence-electron chi connectivity index (χ4n) is 2.19. The van der Waals surface area contributed by atoms with Crippen LogP contribution >= 0.6 is 27.3 Å². The highest BCUT2D eigenvalue weighted by molar-refractivity contribution is 9.10. The maximum absolute atomic E-state index is 12.8. The molecule has 0 aliphatic rings. The van der Waals surface area contributed by atoms with Crippen molar-refractivity contribution in [3.63, 3.8) is 0 Å². The van der Waals surface area contributed by atoms with Crippen molar-refractivity contribution in [3.8, 4) is 0 Å². The van der Waals surface area contributed by atoms with Crippen molar-refractivity contribution < 1.29 is 4.79 Å². The molecule has 1 aromatic heterocycles. The van der Waals surface area contributed by atoms with Crippen LogP contribution in [0, 0.1) is 0 Å². The lowest BCUT2D eigenvalue weighted by Gasteiger charge is -2.22. The maximum Gasteiger partial charge on any atom is 0.268 e. The summed E-state index contributed by atoms with van der Waals surface area (Å²) in [6.45, 7) is 0.550. The number of benzene rings is 2. The molecule has 2 nitrogen and oxygen atoms in total. The molecule has 0 N–H and O–H groups in total. The lowest BCUT2D eigenvalue weighted by atomic mass is 10.2. The summed E-state index contributed by atoms with van der Waals surface area (Å²) in [6.07, 6.45) is 0. The molecule has 4 heteroatoms. The van der Waals surface area contributed by atoms with Crippen LogP contribution in [0.2, 0.25) is 0 Å². The number of halogens is 1. The van der Waals surface area contributed by atoms with E-state index in [0.29, 0.717) is 6.54 Å². The minimum absolute atomic E-state index is 0.0316. The molecule has 1 heterocycles. The van der Waals surface area contributed by atoms with E-state index in [4.69, 9.17) is 0 Å². The molecule has 0 fully saturated rings. The summed E-state index contributed by atoms with van der Waals surface area (Å²) in [5.41, 5.74) is 2.00. The van der Waals surface area contributed by atoms with Gasteiger partial charge in [-0.25, -0.2) is 0 Å². The highest BCUT2D eigenvalue weighted by Gasteiger charge is 2.18. The third kappa shape index (κ3) is 3.46. The lowest BCUT2D eigenvalue weighted by molar-refractivity contribution is 0.0989. The molecule has 0 bridgehead atoms. The Kier molecular flexibility index (Phi) is 4.71. The summed E-state index contributed by atoms with van der Waals surface area (Å²) in [7, 11) is 0. The van der Waals surface area contributed by atoms with E-state index in [1.807, 2.05) is 77.0 Å².